The second-order valence-corrected chi connectivity index (χ2v) is 9.01. The second-order valence-electron chi connectivity index (χ2n) is 9.01. The summed E-state index contributed by atoms with van der Waals surface area (Å²) in [6.07, 6.45) is 5.08. The van der Waals surface area contributed by atoms with E-state index in [1.54, 1.807) is 4.90 Å². The van der Waals surface area contributed by atoms with E-state index in [0.29, 0.717) is 24.4 Å². The Morgan fingerprint density at radius 3 is 2.68 bits per heavy atom. The number of hydrogen-bond acceptors (Lipinski definition) is 4. The number of fused-ring (bicyclic) bond motifs is 1. The van der Waals surface area contributed by atoms with E-state index in [1.807, 2.05) is 61.1 Å². The molecule has 0 atom stereocenters. The summed E-state index contributed by atoms with van der Waals surface area (Å²) in [5, 5.41) is 4.48. The number of aromatic nitrogens is 2. The molecule has 1 spiro atoms. The molecule has 1 saturated carbocycles. The normalized spacial score (nSPS) is 23.3. The summed E-state index contributed by atoms with van der Waals surface area (Å²) >= 11 is 0. The largest absolute Gasteiger partial charge is 0.485 e. The maximum absolute atomic E-state index is 13.1. The number of rotatable bonds is 4. The Hall–Kier alpha value is -2.83. The van der Waals surface area contributed by atoms with Crippen LogP contribution in [0.15, 0.2) is 30.5 Å². The Morgan fingerprint density at radius 1 is 1.29 bits per heavy atom. The van der Waals surface area contributed by atoms with Gasteiger partial charge in [0, 0.05) is 44.9 Å². The van der Waals surface area contributed by atoms with E-state index in [1.165, 1.54) is 0 Å². The molecule has 2 aliphatic rings. The predicted octanol–water partition coefficient (Wildman–Crippen LogP) is 3.26. The van der Waals surface area contributed by atoms with Crippen molar-refractivity contribution in [3.8, 4) is 5.75 Å². The first-order valence-electron chi connectivity index (χ1n) is 11.1. The van der Waals surface area contributed by atoms with Crippen LogP contribution in [0.3, 0.4) is 0 Å². The second kappa shape index (κ2) is 8.36. The average Bonchev–Trinajstić information content (AvgIpc) is 3.08. The van der Waals surface area contributed by atoms with Gasteiger partial charge in [-0.15, -0.1) is 0 Å². The fraction of sp³-hybridized carbons (Fsp3) is 0.542. The SMILES string of the molecule is CCn1cc(CN(C)C(=O)C2CCC3(CC2)CN(C)C(=O)c2ccccc2O3)c(C)n1. The molecule has 0 bridgehead atoms. The van der Waals surface area contributed by atoms with E-state index in [0.717, 1.165) is 43.5 Å². The molecule has 7 nitrogen and oxygen atoms in total. The van der Waals surface area contributed by atoms with E-state index in [9.17, 15) is 9.59 Å². The van der Waals surface area contributed by atoms with Gasteiger partial charge in [0.1, 0.15) is 11.4 Å². The maximum Gasteiger partial charge on any atom is 0.257 e. The lowest BCUT2D eigenvalue weighted by molar-refractivity contribution is -0.137. The highest BCUT2D eigenvalue weighted by atomic mass is 16.5. The van der Waals surface area contributed by atoms with Crippen molar-refractivity contribution in [2.45, 2.75) is 58.2 Å². The molecule has 1 aliphatic heterocycles. The minimum absolute atomic E-state index is 0.00611. The molecule has 1 aromatic heterocycles. The van der Waals surface area contributed by atoms with Gasteiger partial charge in [0.2, 0.25) is 5.91 Å². The summed E-state index contributed by atoms with van der Waals surface area (Å²) in [5.41, 5.74) is 2.25. The molecule has 0 N–H and O–H groups in total. The van der Waals surface area contributed by atoms with E-state index >= 15 is 0 Å². The van der Waals surface area contributed by atoms with Crippen LogP contribution in [0.4, 0.5) is 0 Å². The Bertz CT molecular complexity index is 975. The fourth-order valence-corrected chi connectivity index (χ4v) is 4.88. The number of carbonyl (C=O) groups excluding carboxylic acids is 2. The van der Waals surface area contributed by atoms with Gasteiger partial charge in [0.05, 0.1) is 17.8 Å². The Labute approximate surface area is 184 Å². The number of benzene rings is 1. The number of ether oxygens (including phenoxy) is 1. The van der Waals surface area contributed by atoms with Crippen molar-refractivity contribution in [2.75, 3.05) is 20.6 Å². The smallest absolute Gasteiger partial charge is 0.257 e. The third-order valence-corrected chi connectivity index (χ3v) is 6.72. The third kappa shape index (κ3) is 4.18. The first-order valence-corrected chi connectivity index (χ1v) is 11.1. The number of amides is 2. The highest BCUT2D eigenvalue weighted by Gasteiger charge is 2.44. The standard InChI is InChI=1S/C24H32N4O3/c1-5-28-15-19(17(2)25-28)14-26(3)22(29)18-10-12-24(13-11-18)16-27(4)23(30)20-8-6-7-9-21(20)31-24/h6-9,15,18H,5,10-14,16H2,1-4H3. The third-order valence-electron chi connectivity index (χ3n) is 6.72. The lowest BCUT2D eigenvalue weighted by Gasteiger charge is -2.41. The zero-order chi connectivity index (χ0) is 22.2. The molecule has 1 aromatic carbocycles. The van der Waals surface area contributed by atoms with Gasteiger partial charge in [-0.25, -0.2) is 0 Å². The number of nitrogens with zero attached hydrogens (tertiary/aromatic N) is 4. The minimum Gasteiger partial charge on any atom is -0.485 e. The Kier molecular flexibility index (Phi) is 5.77. The number of para-hydroxylation sites is 1. The van der Waals surface area contributed by atoms with Crippen molar-refractivity contribution in [3.63, 3.8) is 0 Å². The van der Waals surface area contributed by atoms with Gasteiger partial charge in [0.15, 0.2) is 0 Å². The van der Waals surface area contributed by atoms with Crippen LogP contribution in [-0.2, 0) is 17.9 Å². The van der Waals surface area contributed by atoms with Gasteiger partial charge >= 0.3 is 0 Å². The Morgan fingerprint density at radius 2 is 2.00 bits per heavy atom. The molecular formula is C24H32N4O3. The van der Waals surface area contributed by atoms with Crippen LogP contribution in [0.1, 0.15) is 54.2 Å². The van der Waals surface area contributed by atoms with E-state index < -0.39 is 5.60 Å². The summed E-state index contributed by atoms with van der Waals surface area (Å²) in [4.78, 5) is 29.4. The minimum atomic E-state index is -0.425. The Balaban J connectivity index is 1.42. The van der Waals surface area contributed by atoms with Crippen LogP contribution in [0.5, 0.6) is 5.75 Å². The fourth-order valence-electron chi connectivity index (χ4n) is 4.88. The van der Waals surface area contributed by atoms with Crippen LogP contribution >= 0.6 is 0 Å². The predicted molar refractivity (Wildman–Crippen MR) is 118 cm³/mol. The molecular weight excluding hydrogens is 392 g/mol. The van der Waals surface area contributed by atoms with Crippen molar-refractivity contribution < 1.29 is 14.3 Å². The number of aryl methyl sites for hydroxylation is 2. The highest BCUT2D eigenvalue weighted by molar-refractivity contribution is 5.97. The summed E-state index contributed by atoms with van der Waals surface area (Å²) in [6.45, 7) is 5.99. The molecule has 2 aromatic rings. The first kappa shape index (κ1) is 21.4. The van der Waals surface area contributed by atoms with Crippen LogP contribution in [-0.4, -0.2) is 57.6 Å². The van der Waals surface area contributed by atoms with E-state index in [2.05, 4.69) is 12.0 Å². The molecule has 4 rings (SSSR count). The summed E-state index contributed by atoms with van der Waals surface area (Å²) in [6, 6.07) is 7.46. The van der Waals surface area contributed by atoms with Crippen molar-refractivity contribution in [2.24, 2.45) is 5.92 Å². The summed E-state index contributed by atoms with van der Waals surface area (Å²) in [5.74, 6) is 0.813. The first-order chi connectivity index (χ1) is 14.8. The van der Waals surface area contributed by atoms with Crippen LogP contribution in [0, 0.1) is 12.8 Å². The van der Waals surface area contributed by atoms with Gasteiger partial charge in [-0.2, -0.15) is 5.10 Å². The van der Waals surface area contributed by atoms with Gasteiger partial charge in [-0.3, -0.25) is 14.3 Å². The lowest BCUT2D eigenvalue weighted by Crippen LogP contribution is -2.49. The van der Waals surface area contributed by atoms with Gasteiger partial charge in [-0.1, -0.05) is 12.1 Å². The summed E-state index contributed by atoms with van der Waals surface area (Å²) in [7, 11) is 3.71. The zero-order valence-corrected chi connectivity index (χ0v) is 18.9. The molecule has 2 heterocycles. The number of likely N-dealkylation sites (N-methyl/N-ethyl adjacent to an activating group) is 1. The maximum atomic E-state index is 13.1. The van der Waals surface area contributed by atoms with Gasteiger partial charge in [0.25, 0.3) is 5.91 Å². The molecule has 7 heteroatoms. The highest BCUT2D eigenvalue weighted by Crippen LogP contribution is 2.40. The number of hydrogen-bond donors (Lipinski definition) is 0. The lowest BCUT2D eigenvalue weighted by atomic mass is 9.77. The molecule has 0 radical (unpaired) electrons. The topological polar surface area (TPSA) is 67.7 Å². The van der Waals surface area contributed by atoms with E-state index in [4.69, 9.17) is 4.74 Å². The van der Waals surface area contributed by atoms with Crippen LogP contribution in [0.2, 0.25) is 0 Å². The van der Waals surface area contributed by atoms with Crippen molar-refractivity contribution in [3.05, 3.63) is 47.3 Å². The van der Waals surface area contributed by atoms with Gasteiger partial charge < -0.3 is 14.5 Å². The zero-order valence-electron chi connectivity index (χ0n) is 18.9. The number of carbonyl (C=O) groups is 2. The average molecular weight is 425 g/mol. The quantitative estimate of drug-likeness (QED) is 0.756. The van der Waals surface area contributed by atoms with Crippen LogP contribution in [0.25, 0.3) is 0 Å². The van der Waals surface area contributed by atoms with Crippen LogP contribution < -0.4 is 4.74 Å². The van der Waals surface area contributed by atoms with Crippen molar-refractivity contribution >= 4 is 11.8 Å². The molecule has 0 unspecified atom stereocenters. The monoisotopic (exact) mass is 424 g/mol. The van der Waals surface area contributed by atoms with Gasteiger partial charge in [-0.05, 0) is 51.7 Å². The molecule has 0 saturated heterocycles. The van der Waals surface area contributed by atoms with Crippen molar-refractivity contribution in [1.29, 1.82) is 0 Å². The molecule has 31 heavy (non-hydrogen) atoms. The molecule has 1 aliphatic carbocycles. The summed E-state index contributed by atoms with van der Waals surface area (Å²) < 4.78 is 8.35. The van der Waals surface area contributed by atoms with Crippen molar-refractivity contribution in [1.82, 2.24) is 19.6 Å². The van der Waals surface area contributed by atoms with E-state index in [-0.39, 0.29) is 17.7 Å². The molecule has 2 amide bonds. The molecule has 1 fully saturated rings. The molecule has 166 valence electrons.